The molecule has 2 rings (SSSR count). The van der Waals surface area contributed by atoms with Gasteiger partial charge < -0.3 is 10.0 Å². The number of nitrogens with zero attached hydrogens (tertiary/aromatic N) is 3. The van der Waals surface area contributed by atoms with E-state index in [-0.39, 0.29) is 6.61 Å². The summed E-state index contributed by atoms with van der Waals surface area (Å²) in [6, 6.07) is 4.61. The number of hydrogen-bond acceptors (Lipinski definition) is 4. The normalized spacial score (nSPS) is 12.7. The Morgan fingerprint density at radius 2 is 2.26 bits per heavy atom. The summed E-state index contributed by atoms with van der Waals surface area (Å²) in [5, 5.41) is 16.0. The number of anilines is 1. The molecule has 0 aromatic carbocycles. The van der Waals surface area contributed by atoms with Gasteiger partial charge in [0.1, 0.15) is 5.82 Å². The molecule has 1 unspecified atom stereocenters. The van der Waals surface area contributed by atoms with Crippen LogP contribution < -0.4 is 4.90 Å². The number of aromatic nitrogens is 2. The van der Waals surface area contributed by atoms with E-state index in [0.29, 0.717) is 6.04 Å². The van der Waals surface area contributed by atoms with Crippen molar-refractivity contribution in [2.75, 3.05) is 11.9 Å². The molecule has 0 aliphatic carbocycles. The van der Waals surface area contributed by atoms with Crippen LogP contribution in [0.2, 0.25) is 0 Å². The molecule has 0 saturated heterocycles. The van der Waals surface area contributed by atoms with Crippen LogP contribution in [0, 0.1) is 6.92 Å². The summed E-state index contributed by atoms with van der Waals surface area (Å²) in [7, 11) is 3.99. The van der Waals surface area contributed by atoms with Gasteiger partial charge in [-0.3, -0.25) is 4.68 Å². The van der Waals surface area contributed by atoms with Gasteiger partial charge in [-0.25, -0.2) is 0 Å². The van der Waals surface area contributed by atoms with Crippen molar-refractivity contribution in [3.8, 4) is 0 Å². The third-order valence-electron chi connectivity index (χ3n) is 3.54. The van der Waals surface area contributed by atoms with Gasteiger partial charge in [-0.2, -0.15) is 5.10 Å². The summed E-state index contributed by atoms with van der Waals surface area (Å²) in [6.45, 7) is 4.17. The molecule has 0 aliphatic heterocycles. The summed E-state index contributed by atoms with van der Waals surface area (Å²) in [5.74, 6) is 1.00. The predicted molar refractivity (Wildman–Crippen MR) is 79.8 cm³/mol. The highest BCUT2D eigenvalue weighted by Crippen LogP contribution is 2.25. The average molecular weight is 279 g/mol. The zero-order valence-electron chi connectivity index (χ0n) is 11.9. The summed E-state index contributed by atoms with van der Waals surface area (Å²) in [6.07, 6.45) is 1.00. The molecule has 104 valence electrons. The average Bonchev–Trinajstić information content (AvgIpc) is 2.95. The molecule has 1 N–H and O–H groups in total. The molecule has 0 fully saturated rings. The zero-order chi connectivity index (χ0) is 14.0. The minimum atomic E-state index is 0.0328. The third-order valence-corrected chi connectivity index (χ3v) is 4.44. The minimum absolute atomic E-state index is 0.0328. The van der Waals surface area contributed by atoms with Gasteiger partial charge in [-0.05, 0) is 25.3 Å². The number of aliphatic hydroxyl groups is 1. The molecule has 0 spiro atoms. The lowest BCUT2D eigenvalue weighted by molar-refractivity contribution is 0.281. The molecular formula is C14H21N3OS. The van der Waals surface area contributed by atoms with Crippen molar-refractivity contribution in [3.63, 3.8) is 0 Å². The highest BCUT2D eigenvalue weighted by atomic mass is 32.1. The van der Waals surface area contributed by atoms with Crippen LogP contribution in [0.4, 0.5) is 5.82 Å². The smallest absolute Gasteiger partial charge is 0.132 e. The van der Waals surface area contributed by atoms with E-state index in [1.54, 1.807) is 11.3 Å². The summed E-state index contributed by atoms with van der Waals surface area (Å²) >= 11 is 1.78. The van der Waals surface area contributed by atoms with Gasteiger partial charge in [0.15, 0.2) is 0 Å². The highest BCUT2D eigenvalue weighted by molar-refractivity contribution is 7.09. The van der Waals surface area contributed by atoms with Crippen molar-refractivity contribution in [2.24, 2.45) is 7.05 Å². The minimum Gasteiger partial charge on any atom is -0.391 e. The number of hydrogen-bond donors (Lipinski definition) is 1. The summed E-state index contributed by atoms with van der Waals surface area (Å²) < 4.78 is 1.85. The quantitative estimate of drug-likeness (QED) is 0.913. The van der Waals surface area contributed by atoms with Crippen molar-refractivity contribution in [2.45, 2.75) is 32.9 Å². The molecule has 0 radical (unpaired) electrons. The molecule has 0 aliphatic rings. The molecule has 19 heavy (non-hydrogen) atoms. The molecule has 0 amide bonds. The zero-order valence-corrected chi connectivity index (χ0v) is 12.7. The Bertz CT molecular complexity index is 533. The SMILES string of the molecule is Cc1nn(C)c(N(C)C(C)Cc2cccs2)c1CO. The first-order chi connectivity index (χ1) is 9.04. The van der Waals surface area contributed by atoms with E-state index in [0.717, 1.165) is 23.5 Å². The van der Waals surface area contributed by atoms with Gasteiger partial charge in [-0.15, -0.1) is 11.3 Å². The lowest BCUT2D eigenvalue weighted by atomic mass is 10.1. The first-order valence-electron chi connectivity index (χ1n) is 6.43. The van der Waals surface area contributed by atoms with Crippen LogP contribution in [0.15, 0.2) is 17.5 Å². The standard InChI is InChI=1S/C14H21N3OS/c1-10(8-12-6-5-7-19-12)16(3)14-13(9-18)11(2)15-17(14)4/h5-7,10,18H,8-9H2,1-4H3. The predicted octanol–water partition coefficient (Wildman–Crippen LogP) is 2.35. The van der Waals surface area contributed by atoms with Crippen LogP contribution in [0.1, 0.15) is 23.1 Å². The maximum atomic E-state index is 9.52. The Hall–Kier alpha value is -1.33. The lowest BCUT2D eigenvalue weighted by Gasteiger charge is -2.27. The maximum Gasteiger partial charge on any atom is 0.132 e. The molecule has 1 atom stereocenters. The van der Waals surface area contributed by atoms with E-state index >= 15 is 0 Å². The van der Waals surface area contributed by atoms with Crippen molar-refractivity contribution in [1.29, 1.82) is 0 Å². The van der Waals surface area contributed by atoms with Gasteiger partial charge >= 0.3 is 0 Å². The highest BCUT2D eigenvalue weighted by Gasteiger charge is 2.20. The fourth-order valence-corrected chi connectivity index (χ4v) is 3.21. The number of thiophene rings is 1. The van der Waals surface area contributed by atoms with Gasteiger partial charge in [0.25, 0.3) is 0 Å². The molecule has 2 heterocycles. The molecule has 2 aromatic rings. The van der Waals surface area contributed by atoms with Gasteiger partial charge in [0.05, 0.1) is 12.3 Å². The Morgan fingerprint density at radius 1 is 1.53 bits per heavy atom. The number of aryl methyl sites for hydroxylation is 2. The van der Waals surface area contributed by atoms with Crippen LogP contribution in [-0.2, 0) is 20.1 Å². The maximum absolute atomic E-state index is 9.52. The van der Waals surface area contributed by atoms with Crippen LogP contribution in [0.5, 0.6) is 0 Å². The number of likely N-dealkylation sites (N-methyl/N-ethyl adjacent to an activating group) is 1. The monoisotopic (exact) mass is 279 g/mol. The van der Waals surface area contributed by atoms with Gasteiger partial charge in [-0.1, -0.05) is 6.07 Å². The van der Waals surface area contributed by atoms with E-state index in [1.807, 2.05) is 18.7 Å². The molecular weight excluding hydrogens is 258 g/mol. The van der Waals surface area contributed by atoms with Crippen LogP contribution in [0.3, 0.4) is 0 Å². The lowest BCUT2D eigenvalue weighted by Crippen LogP contribution is -2.32. The second-order valence-electron chi connectivity index (χ2n) is 4.91. The first-order valence-corrected chi connectivity index (χ1v) is 7.31. The van der Waals surface area contributed by atoms with E-state index < -0.39 is 0 Å². The third kappa shape index (κ3) is 2.82. The van der Waals surface area contributed by atoms with E-state index in [1.165, 1.54) is 4.88 Å². The fraction of sp³-hybridized carbons (Fsp3) is 0.500. The van der Waals surface area contributed by atoms with Crippen LogP contribution >= 0.6 is 11.3 Å². The number of aliphatic hydroxyl groups excluding tert-OH is 1. The van der Waals surface area contributed by atoms with E-state index in [4.69, 9.17) is 0 Å². The van der Waals surface area contributed by atoms with Crippen LogP contribution in [-0.4, -0.2) is 28.0 Å². The first kappa shape index (κ1) is 14.1. The second kappa shape index (κ2) is 5.75. The molecule has 2 aromatic heterocycles. The molecule has 4 nitrogen and oxygen atoms in total. The van der Waals surface area contributed by atoms with Crippen molar-refractivity contribution >= 4 is 17.2 Å². The number of rotatable bonds is 5. The van der Waals surface area contributed by atoms with Gasteiger partial charge in [0, 0.05) is 37.0 Å². The van der Waals surface area contributed by atoms with E-state index in [9.17, 15) is 5.11 Å². The topological polar surface area (TPSA) is 41.3 Å². The summed E-state index contributed by atoms with van der Waals surface area (Å²) in [4.78, 5) is 3.58. The van der Waals surface area contributed by atoms with E-state index in [2.05, 4.69) is 41.5 Å². The molecule has 0 bridgehead atoms. The molecule has 5 heteroatoms. The van der Waals surface area contributed by atoms with Crippen LogP contribution in [0.25, 0.3) is 0 Å². The second-order valence-corrected chi connectivity index (χ2v) is 5.94. The Balaban J connectivity index is 2.21. The van der Waals surface area contributed by atoms with Gasteiger partial charge in [0.2, 0.25) is 0 Å². The van der Waals surface area contributed by atoms with Crippen molar-refractivity contribution in [1.82, 2.24) is 9.78 Å². The Labute approximate surface area is 118 Å². The van der Waals surface area contributed by atoms with Crippen molar-refractivity contribution in [3.05, 3.63) is 33.6 Å². The Kier molecular flexibility index (Phi) is 4.27. The Morgan fingerprint density at radius 3 is 2.84 bits per heavy atom. The van der Waals surface area contributed by atoms with Crippen molar-refractivity contribution < 1.29 is 5.11 Å². The largest absolute Gasteiger partial charge is 0.391 e. The summed E-state index contributed by atoms with van der Waals surface area (Å²) in [5.41, 5.74) is 1.82. The molecule has 0 saturated carbocycles. The fourth-order valence-electron chi connectivity index (χ4n) is 2.38.